The molecule has 1 aliphatic heterocycles. The van der Waals surface area contributed by atoms with Gasteiger partial charge in [-0.25, -0.2) is 0 Å². The third-order valence-electron chi connectivity index (χ3n) is 3.95. The van der Waals surface area contributed by atoms with Crippen LogP contribution in [0.15, 0.2) is 24.3 Å². The minimum atomic E-state index is -0.598. The first kappa shape index (κ1) is 14.9. The zero-order valence-electron chi connectivity index (χ0n) is 12.6. The molecule has 0 spiro atoms. The molecule has 1 fully saturated rings. The molecule has 110 valence electrons. The van der Waals surface area contributed by atoms with Crippen molar-refractivity contribution in [3.63, 3.8) is 0 Å². The van der Waals surface area contributed by atoms with Crippen LogP contribution >= 0.6 is 0 Å². The number of carbonyl (C=O) groups excluding carboxylic acids is 1. The van der Waals surface area contributed by atoms with Crippen LogP contribution in [-0.4, -0.2) is 36.0 Å². The van der Waals surface area contributed by atoms with E-state index in [4.69, 9.17) is 5.73 Å². The Morgan fingerprint density at radius 3 is 2.60 bits per heavy atom. The minimum Gasteiger partial charge on any atom is -0.372 e. The summed E-state index contributed by atoms with van der Waals surface area (Å²) in [5.74, 6) is 0.600. The zero-order valence-corrected chi connectivity index (χ0v) is 12.6. The Bertz CT molecular complexity index is 467. The topological polar surface area (TPSA) is 58.4 Å². The lowest BCUT2D eigenvalue weighted by molar-refractivity contribution is -0.134. The van der Waals surface area contributed by atoms with E-state index in [2.05, 4.69) is 12.2 Å². The van der Waals surface area contributed by atoms with Crippen LogP contribution in [0.3, 0.4) is 0 Å². The summed E-state index contributed by atoms with van der Waals surface area (Å²) in [6, 6.07) is 8.11. The number of hydrogen-bond donors (Lipinski definition) is 2. The second-order valence-corrected chi connectivity index (χ2v) is 6.26. The van der Waals surface area contributed by atoms with Crippen molar-refractivity contribution in [2.24, 2.45) is 11.7 Å². The van der Waals surface area contributed by atoms with Crippen LogP contribution in [-0.2, 0) is 4.79 Å². The molecule has 4 nitrogen and oxygen atoms in total. The highest BCUT2D eigenvalue weighted by Gasteiger charge is 2.35. The highest BCUT2D eigenvalue weighted by molar-refractivity contribution is 5.88. The molecule has 1 amide bonds. The predicted molar refractivity (Wildman–Crippen MR) is 82.6 cm³/mol. The van der Waals surface area contributed by atoms with Crippen molar-refractivity contribution in [1.82, 2.24) is 4.90 Å². The van der Waals surface area contributed by atoms with Crippen LogP contribution in [0.1, 0.15) is 25.8 Å². The first-order chi connectivity index (χ1) is 9.42. The van der Waals surface area contributed by atoms with E-state index in [-0.39, 0.29) is 5.91 Å². The van der Waals surface area contributed by atoms with Gasteiger partial charge >= 0.3 is 0 Å². The maximum Gasteiger partial charge on any atom is 0.247 e. The smallest absolute Gasteiger partial charge is 0.247 e. The van der Waals surface area contributed by atoms with Gasteiger partial charge in [0.05, 0.1) is 0 Å². The van der Waals surface area contributed by atoms with Gasteiger partial charge in [-0.1, -0.05) is 17.7 Å². The van der Waals surface area contributed by atoms with E-state index in [0.29, 0.717) is 12.5 Å². The van der Waals surface area contributed by atoms with E-state index in [1.807, 2.05) is 43.0 Å². The Balaban J connectivity index is 2.02. The van der Waals surface area contributed by atoms with Gasteiger partial charge in [0.15, 0.2) is 0 Å². The molecule has 0 saturated carbocycles. The van der Waals surface area contributed by atoms with E-state index in [1.54, 1.807) is 0 Å². The maximum absolute atomic E-state index is 12.6. The molecule has 1 atom stereocenters. The lowest BCUT2D eigenvalue weighted by Crippen LogP contribution is -2.49. The third kappa shape index (κ3) is 3.31. The fraction of sp³-hybridized carbons (Fsp3) is 0.562. The van der Waals surface area contributed by atoms with Crippen LogP contribution in [0.5, 0.6) is 0 Å². The second-order valence-electron chi connectivity index (χ2n) is 6.26. The van der Waals surface area contributed by atoms with Gasteiger partial charge in [-0.3, -0.25) is 4.79 Å². The van der Waals surface area contributed by atoms with Crippen LogP contribution in [0.4, 0.5) is 5.69 Å². The molecule has 0 unspecified atom stereocenters. The molecule has 1 saturated heterocycles. The first-order valence-electron chi connectivity index (χ1n) is 7.26. The molecule has 4 heteroatoms. The lowest BCUT2D eigenvalue weighted by atomic mass is 10.0. The van der Waals surface area contributed by atoms with E-state index >= 15 is 0 Å². The molecule has 0 radical (unpaired) electrons. The number of benzene rings is 1. The maximum atomic E-state index is 12.6. The van der Waals surface area contributed by atoms with E-state index in [9.17, 15) is 4.79 Å². The van der Waals surface area contributed by atoms with Gasteiger partial charge in [0, 0.05) is 18.8 Å². The number of carbonyl (C=O) groups is 1. The van der Waals surface area contributed by atoms with Crippen molar-refractivity contribution < 1.29 is 4.79 Å². The van der Waals surface area contributed by atoms with Crippen molar-refractivity contribution >= 4 is 11.6 Å². The highest BCUT2D eigenvalue weighted by atomic mass is 16.2. The average molecular weight is 275 g/mol. The van der Waals surface area contributed by atoms with Crippen molar-refractivity contribution in [2.45, 2.75) is 32.7 Å². The Morgan fingerprint density at radius 1 is 1.40 bits per heavy atom. The SMILES string of the molecule is Cc1ccc(NC(C)(C)C(=O)N2CC[C@H](CN)C2)cc1. The lowest BCUT2D eigenvalue weighted by Gasteiger charge is -2.31. The summed E-state index contributed by atoms with van der Waals surface area (Å²) < 4.78 is 0. The van der Waals surface area contributed by atoms with Crippen LogP contribution in [0.2, 0.25) is 0 Å². The highest BCUT2D eigenvalue weighted by Crippen LogP contribution is 2.22. The van der Waals surface area contributed by atoms with Crippen molar-refractivity contribution in [3.8, 4) is 0 Å². The number of likely N-dealkylation sites (tertiary alicyclic amines) is 1. The van der Waals surface area contributed by atoms with Crippen LogP contribution in [0.25, 0.3) is 0 Å². The summed E-state index contributed by atoms with van der Waals surface area (Å²) in [7, 11) is 0. The number of rotatable bonds is 4. The van der Waals surface area contributed by atoms with Gasteiger partial charge in [0.2, 0.25) is 5.91 Å². The predicted octanol–water partition coefficient (Wildman–Crippen LogP) is 1.99. The fourth-order valence-corrected chi connectivity index (χ4v) is 2.66. The molecule has 1 heterocycles. The van der Waals surface area contributed by atoms with Crippen LogP contribution in [0, 0.1) is 12.8 Å². The number of anilines is 1. The quantitative estimate of drug-likeness (QED) is 0.883. The van der Waals surface area contributed by atoms with Gasteiger partial charge in [0.1, 0.15) is 5.54 Å². The number of nitrogens with one attached hydrogen (secondary N) is 1. The Kier molecular flexibility index (Phi) is 4.33. The van der Waals surface area contributed by atoms with Gasteiger partial charge in [-0.15, -0.1) is 0 Å². The molecule has 1 aliphatic rings. The normalized spacial score (nSPS) is 19.2. The van der Waals surface area contributed by atoms with Gasteiger partial charge in [-0.2, -0.15) is 0 Å². The summed E-state index contributed by atoms with van der Waals surface area (Å²) in [6.45, 7) is 8.19. The van der Waals surface area contributed by atoms with Crippen LogP contribution < -0.4 is 11.1 Å². The molecule has 0 aliphatic carbocycles. The van der Waals surface area contributed by atoms with E-state index in [1.165, 1.54) is 5.56 Å². The molecule has 1 aromatic rings. The molecular weight excluding hydrogens is 250 g/mol. The zero-order chi connectivity index (χ0) is 14.8. The number of nitrogens with two attached hydrogens (primary N) is 1. The standard InChI is InChI=1S/C16H25N3O/c1-12-4-6-14(7-5-12)18-16(2,3)15(20)19-9-8-13(10-17)11-19/h4-7,13,18H,8-11,17H2,1-3H3/t13-/m1/s1. The third-order valence-corrected chi connectivity index (χ3v) is 3.95. The molecule has 0 aromatic heterocycles. The monoisotopic (exact) mass is 275 g/mol. The van der Waals surface area contributed by atoms with Gasteiger partial charge in [-0.05, 0) is 51.8 Å². The number of amides is 1. The van der Waals surface area contributed by atoms with E-state index < -0.39 is 5.54 Å². The number of nitrogens with zero attached hydrogens (tertiary/aromatic N) is 1. The molecule has 3 N–H and O–H groups in total. The molecule has 20 heavy (non-hydrogen) atoms. The Hall–Kier alpha value is -1.55. The number of aryl methyl sites for hydroxylation is 1. The van der Waals surface area contributed by atoms with E-state index in [0.717, 1.165) is 25.2 Å². The van der Waals surface area contributed by atoms with Gasteiger partial charge in [0.25, 0.3) is 0 Å². The Labute approximate surface area is 121 Å². The molecule has 0 bridgehead atoms. The average Bonchev–Trinajstić information content (AvgIpc) is 2.89. The number of hydrogen-bond acceptors (Lipinski definition) is 3. The Morgan fingerprint density at radius 2 is 2.05 bits per heavy atom. The van der Waals surface area contributed by atoms with Crippen molar-refractivity contribution in [3.05, 3.63) is 29.8 Å². The minimum absolute atomic E-state index is 0.147. The fourth-order valence-electron chi connectivity index (χ4n) is 2.66. The summed E-state index contributed by atoms with van der Waals surface area (Å²) >= 11 is 0. The largest absolute Gasteiger partial charge is 0.372 e. The first-order valence-corrected chi connectivity index (χ1v) is 7.26. The molecule has 1 aromatic carbocycles. The summed E-state index contributed by atoms with van der Waals surface area (Å²) in [5.41, 5.74) is 7.28. The van der Waals surface area contributed by atoms with Crippen molar-refractivity contribution in [1.29, 1.82) is 0 Å². The second kappa shape index (κ2) is 5.83. The summed E-state index contributed by atoms with van der Waals surface area (Å²) in [4.78, 5) is 14.6. The summed E-state index contributed by atoms with van der Waals surface area (Å²) in [6.07, 6.45) is 1.02. The summed E-state index contributed by atoms with van der Waals surface area (Å²) in [5, 5.41) is 3.33. The van der Waals surface area contributed by atoms with Gasteiger partial charge < -0.3 is 16.0 Å². The molecule has 2 rings (SSSR count). The molecular formula is C16H25N3O. The van der Waals surface area contributed by atoms with Crippen molar-refractivity contribution in [2.75, 3.05) is 25.0 Å².